The summed E-state index contributed by atoms with van der Waals surface area (Å²) in [5.74, 6) is -0.338. The monoisotopic (exact) mass is 262 g/mol. The van der Waals surface area contributed by atoms with Crippen LogP contribution in [0.2, 0.25) is 0 Å². The second-order valence-electron chi connectivity index (χ2n) is 4.41. The van der Waals surface area contributed by atoms with E-state index in [-0.39, 0.29) is 11.6 Å². The van der Waals surface area contributed by atoms with Gasteiger partial charge in [0.1, 0.15) is 11.6 Å². The lowest BCUT2D eigenvalue weighted by molar-refractivity contribution is 0.0935. The van der Waals surface area contributed by atoms with E-state index in [9.17, 15) is 9.18 Å². The van der Waals surface area contributed by atoms with Gasteiger partial charge in [0.05, 0.1) is 17.3 Å². The van der Waals surface area contributed by atoms with E-state index in [0.717, 1.165) is 11.3 Å². The quantitative estimate of drug-likeness (QED) is 0.925. The topological polar surface area (TPSA) is 55.1 Å². The Bertz CT molecular complexity index is 588. The van der Waals surface area contributed by atoms with Crippen molar-refractivity contribution in [3.63, 3.8) is 0 Å². The fraction of sp³-hybridized carbons (Fsp3) is 0.286. The standard InChI is InChI=1S/C14H15FN2O2/c1-8(13-9(2)17-19-10(13)3)16-14(18)11-6-4-5-7-12(11)15/h4-8H,1-3H3,(H,16,18). The predicted octanol–water partition coefficient (Wildman–Crippen LogP) is 2.92. The number of nitrogens with zero attached hydrogens (tertiary/aromatic N) is 1. The largest absolute Gasteiger partial charge is 0.361 e. The van der Waals surface area contributed by atoms with Crippen LogP contribution in [-0.4, -0.2) is 11.1 Å². The molecule has 2 aromatic rings. The number of rotatable bonds is 3. The van der Waals surface area contributed by atoms with E-state index in [0.29, 0.717) is 5.76 Å². The first-order valence-electron chi connectivity index (χ1n) is 5.99. The minimum Gasteiger partial charge on any atom is -0.361 e. The molecule has 1 heterocycles. The van der Waals surface area contributed by atoms with Gasteiger partial charge in [-0.15, -0.1) is 0 Å². The molecule has 0 saturated heterocycles. The van der Waals surface area contributed by atoms with Gasteiger partial charge in [-0.1, -0.05) is 17.3 Å². The Kier molecular flexibility index (Phi) is 3.64. The Morgan fingerprint density at radius 2 is 2.05 bits per heavy atom. The lowest BCUT2D eigenvalue weighted by Gasteiger charge is -2.14. The van der Waals surface area contributed by atoms with Crippen LogP contribution >= 0.6 is 0 Å². The van der Waals surface area contributed by atoms with Crippen LogP contribution in [0.25, 0.3) is 0 Å². The van der Waals surface area contributed by atoms with Gasteiger partial charge in [0, 0.05) is 5.56 Å². The van der Waals surface area contributed by atoms with Crippen molar-refractivity contribution in [2.45, 2.75) is 26.8 Å². The van der Waals surface area contributed by atoms with Crippen LogP contribution in [0.1, 0.15) is 40.3 Å². The van der Waals surface area contributed by atoms with Gasteiger partial charge in [-0.2, -0.15) is 0 Å². The van der Waals surface area contributed by atoms with Gasteiger partial charge in [-0.05, 0) is 32.9 Å². The third kappa shape index (κ3) is 2.65. The van der Waals surface area contributed by atoms with Crippen LogP contribution in [0.15, 0.2) is 28.8 Å². The number of hydrogen-bond acceptors (Lipinski definition) is 3. The lowest BCUT2D eigenvalue weighted by atomic mass is 10.1. The molecule has 1 aromatic carbocycles. The first-order valence-corrected chi connectivity index (χ1v) is 5.99. The molecule has 5 heteroatoms. The summed E-state index contributed by atoms with van der Waals surface area (Å²) in [7, 11) is 0. The van der Waals surface area contributed by atoms with Gasteiger partial charge in [-0.25, -0.2) is 4.39 Å². The maximum Gasteiger partial charge on any atom is 0.254 e. The van der Waals surface area contributed by atoms with E-state index in [4.69, 9.17) is 4.52 Å². The molecule has 0 saturated carbocycles. The number of aromatic nitrogens is 1. The average Bonchev–Trinajstić information content (AvgIpc) is 2.69. The fourth-order valence-corrected chi connectivity index (χ4v) is 2.10. The van der Waals surface area contributed by atoms with Gasteiger partial charge in [0.2, 0.25) is 0 Å². The van der Waals surface area contributed by atoms with Crippen molar-refractivity contribution >= 4 is 5.91 Å². The molecule has 1 aromatic heterocycles. The van der Waals surface area contributed by atoms with Crippen molar-refractivity contribution < 1.29 is 13.7 Å². The van der Waals surface area contributed by atoms with E-state index in [2.05, 4.69) is 10.5 Å². The highest BCUT2D eigenvalue weighted by molar-refractivity contribution is 5.94. The molecule has 0 bridgehead atoms. The lowest BCUT2D eigenvalue weighted by Crippen LogP contribution is -2.28. The molecule has 4 nitrogen and oxygen atoms in total. The summed E-state index contributed by atoms with van der Waals surface area (Å²) in [6.07, 6.45) is 0. The second-order valence-corrected chi connectivity index (χ2v) is 4.41. The summed E-state index contributed by atoms with van der Waals surface area (Å²) < 4.78 is 18.6. The SMILES string of the molecule is Cc1noc(C)c1C(C)NC(=O)c1ccccc1F. The maximum absolute atomic E-state index is 13.5. The van der Waals surface area contributed by atoms with Crippen molar-refractivity contribution in [2.75, 3.05) is 0 Å². The first-order chi connectivity index (χ1) is 9.00. The zero-order valence-corrected chi connectivity index (χ0v) is 11.0. The Morgan fingerprint density at radius 1 is 1.37 bits per heavy atom. The molecule has 0 spiro atoms. The highest BCUT2D eigenvalue weighted by Crippen LogP contribution is 2.21. The molecule has 100 valence electrons. The zero-order valence-electron chi connectivity index (χ0n) is 11.0. The normalized spacial score (nSPS) is 12.2. The predicted molar refractivity (Wildman–Crippen MR) is 68.3 cm³/mol. The number of hydrogen-bond donors (Lipinski definition) is 1. The number of carbonyl (C=O) groups excluding carboxylic acids is 1. The second kappa shape index (κ2) is 5.22. The van der Waals surface area contributed by atoms with E-state index in [1.807, 2.05) is 6.92 Å². The van der Waals surface area contributed by atoms with Crippen molar-refractivity contribution in [1.29, 1.82) is 0 Å². The van der Waals surface area contributed by atoms with E-state index >= 15 is 0 Å². The summed E-state index contributed by atoms with van der Waals surface area (Å²) in [6.45, 7) is 5.39. The Labute approximate surface area is 110 Å². The van der Waals surface area contributed by atoms with Crippen molar-refractivity contribution in [3.8, 4) is 0 Å². The molecule has 2 rings (SSSR count). The van der Waals surface area contributed by atoms with E-state index < -0.39 is 11.7 Å². The molecule has 0 aliphatic rings. The molecule has 1 N–H and O–H groups in total. The molecular formula is C14H15FN2O2. The highest BCUT2D eigenvalue weighted by Gasteiger charge is 2.20. The maximum atomic E-state index is 13.5. The summed E-state index contributed by atoms with van der Waals surface area (Å²) in [4.78, 5) is 12.0. The van der Waals surface area contributed by atoms with Crippen LogP contribution in [0.3, 0.4) is 0 Å². The van der Waals surface area contributed by atoms with Crippen LogP contribution < -0.4 is 5.32 Å². The molecule has 19 heavy (non-hydrogen) atoms. The third-order valence-electron chi connectivity index (χ3n) is 2.99. The average molecular weight is 262 g/mol. The van der Waals surface area contributed by atoms with Gasteiger partial charge >= 0.3 is 0 Å². The minimum atomic E-state index is -0.536. The molecule has 0 radical (unpaired) electrons. The van der Waals surface area contributed by atoms with Gasteiger partial charge in [0.25, 0.3) is 5.91 Å². The zero-order chi connectivity index (χ0) is 14.0. The highest BCUT2D eigenvalue weighted by atomic mass is 19.1. The van der Waals surface area contributed by atoms with Crippen molar-refractivity contribution in [2.24, 2.45) is 0 Å². The molecule has 0 fully saturated rings. The Hall–Kier alpha value is -2.17. The van der Waals surface area contributed by atoms with Crippen LogP contribution in [0.5, 0.6) is 0 Å². The molecule has 1 unspecified atom stereocenters. The summed E-state index contributed by atoms with van der Waals surface area (Å²) in [5.41, 5.74) is 1.57. The minimum absolute atomic E-state index is 0.0288. The van der Waals surface area contributed by atoms with Crippen LogP contribution in [-0.2, 0) is 0 Å². The third-order valence-corrected chi connectivity index (χ3v) is 2.99. The smallest absolute Gasteiger partial charge is 0.254 e. The number of carbonyl (C=O) groups is 1. The molecule has 0 aliphatic carbocycles. The fourth-order valence-electron chi connectivity index (χ4n) is 2.10. The number of aryl methyl sites for hydroxylation is 2. The van der Waals surface area contributed by atoms with E-state index in [1.54, 1.807) is 26.0 Å². The van der Waals surface area contributed by atoms with Crippen molar-refractivity contribution in [1.82, 2.24) is 10.5 Å². The first kappa shape index (κ1) is 13.3. The molecule has 0 aliphatic heterocycles. The Balaban J connectivity index is 2.18. The summed E-state index contributed by atoms with van der Waals surface area (Å²) >= 11 is 0. The van der Waals surface area contributed by atoms with Crippen LogP contribution in [0.4, 0.5) is 4.39 Å². The van der Waals surface area contributed by atoms with E-state index in [1.165, 1.54) is 12.1 Å². The molecular weight excluding hydrogens is 247 g/mol. The summed E-state index contributed by atoms with van der Waals surface area (Å²) in [6, 6.07) is 5.58. The Morgan fingerprint density at radius 3 is 2.63 bits per heavy atom. The number of halogens is 1. The van der Waals surface area contributed by atoms with Gasteiger partial charge in [0.15, 0.2) is 0 Å². The number of benzene rings is 1. The van der Waals surface area contributed by atoms with Crippen LogP contribution in [0, 0.1) is 19.7 Å². The van der Waals surface area contributed by atoms with Crippen molar-refractivity contribution in [3.05, 3.63) is 52.7 Å². The molecule has 1 amide bonds. The van der Waals surface area contributed by atoms with Gasteiger partial charge in [-0.3, -0.25) is 4.79 Å². The summed E-state index contributed by atoms with van der Waals surface area (Å²) in [5, 5.41) is 6.58. The molecule has 1 atom stereocenters. The van der Waals surface area contributed by atoms with Gasteiger partial charge < -0.3 is 9.84 Å². The number of nitrogens with one attached hydrogen (secondary N) is 1. The number of amides is 1.